The summed E-state index contributed by atoms with van der Waals surface area (Å²) in [5, 5.41) is 11.1. The van der Waals surface area contributed by atoms with Gasteiger partial charge in [-0.05, 0) is 61.9 Å². The Morgan fingerprint density at radius 3 is 2.40 bits per heavy atom. The van der Waals surface area contributed by atoms with E-state index in [0.717, 1.165) is 36.3 Å². The Balaban J connectivity index is 1.75. The van der Waals surface area contributed by atoms with Crippen LogP contribution in [0.2, 0.25) is 0 Å². The lowest BCUT2D eigenvalue weighted by Gasteiger charge is -2.23. The summed E-state index contributed by atoms with van der Waals surface area (Å²) in [5.41, 5.74) is 0.0353. The number of ketones is 1. The molecule has 3 aromatic rings. The highest BCUT2D eigenvalue weighted by atomic mass is 19.2. The number of amides is 1. The molecule has 1 saturated heterocycles. The van der Waals surface area contributed by atoms with E-state index in [9.17, 15) is 23.5 Å². The number of Topliss-reactive ketones (excluding diaryl/α,β-unsaturated/α-hetero) is 1. The van der Waals surface area contributed by atoms with Crippen LogP contribution in [0.5, 0.6) is 5.75 Å². The maximum atomic E-state index is 14.0. The summed E-state index contributed by atoms with van der Waals surface area (Å²) in [6.45, 7) is 4.36. The van der Waals surface area contributed by atoms with Gasteiger partial charge in [-0.1, -0.05) is 19.8 Å². The molecule has 6 nitrogen and oxygen atoms in total. The number of furan rings is 1. The highest BCUT2D eigenvalue weighted by Crippen LogP contribution is 2.43. The van der Waals surface area contributed by atoms with Crippen LogP contribution in [-0.2, 0) is 9.59 Å². The molecule has 1 aliphatic rings. The summed E-state index contributed by atoms with van der Waals surface area (Å²) in [4.78, 5) is 27.1. The largest absolute Gasteiger partial charge is 0.507 e. The van der Waals surface area contributed by atoms with Gasteiger partial charge in [0.05, 0.1) is 12.2 Å². The molecule has 0 aliphatic carbocycles. The summed E-state index contributed by atoms with van der Waals surface area (Å²) in [7, 11) is 0. The molecule has 1 aromatic heterocycles. The molecule has 1 amide bonds. The van der Waals surface area contributed by atoms with Gasteiger partial charge < -0.3 is 14.3 Å². The molecule has 35 heavy (non-hydrogen) atoms. The molecule has 0 saturated carbocycles. The van der Waals surface area contributed by atoms with Crippen molar-refractivity contribution in [1.29, 1.82) is 0 Å². The molecule has 1 fully saturated rings. The monoisotopic (exact) mass is 481 g/mol. The van der Waals surface area contributed by atoms with Crippen LogP contribution in [0.15, 0.2) is 64.6 Å². The number of carbonyl (C=O) groups excluding carboxylic acids is 2. The van der Waals surface area contributed by atoms with Gasteiger partial charge in [0.25, 0.3) is 11.7 Å². The SMILES string of the molecule is CCCCCOc1ccc(/C(O)=C2/C(=O)C(=O)N(c3ccc(F)c(F)c3)C2c2ccc(C)o2)cc1. The van der Waals surface area contributed by atoms with Crippen molar-refractivity contribution < 1.29 is 32.6 Å². The zero-order chi connectivity index (χ0) is 25.1. The summed E-state index contributed by atoms with van der Waals surface area (Å²) in [6.07, 6.45) is 3.06. The number of aliphatic hydroxyl groups is 1. The molecule has 1 N–H and O–H groups in total. The lowest BCUT2D eigenvalue weighted by Crippen LogP contribution is -2.29. The number of ether oxygens (including phenoxy) is 1. The lowest BCUT2D eigenvalue weighted by molar-refractivity contribution is -0.132. The second-order valence-electron chi connectivity index (χ2n) is 8.30. The highest BCUT2D eigenvalue weighted by molar-refractivity contribution is 6.51. The molecule has 0 radical (unpaired) electrons. The van der Waals surface area contributed by atoms with Crippen LogP contribution in [0, 0.1) is 18.6 Å². The van der Waals surface area contributed by atoms with Crippen molar-refractivity contribution in [2.45, 2.75) is 39.2 Å². The van der Waals surface area contributed by atoms with Crippen LogP contribution < -0.4 is 9.64 Å². The number of nitrogens with zero attached hydrogens (tertiary/aromatic N) is 1. The Bertz CT molecular complexity index is 1280. The fourth-order valence-electron chi connectivity index (χ4n) is 4.01. The number of aliphatic hydroxyl groups excluding tert-OH is 1. The molecule has 2 aromatic carbocycles. The van der Waals surface area contributed by atoms with Crippen molar-refractivity contribution in [3.8, 4) is 5.75 Å². The summed E-state index contributed by atoms with van der Waals surface area (Å²) < 4.78 is 38.9. The molecular formula is C27H25F2NO5. The third-order valence-electron chi connectivity index (χ3n) is 5.80. The van der Waals surface area contributed by atoms with Crippen LogP contribution >= 0.6 is 0 Å². The number of hydrogen-bond acceptors (Lipinski definition) is 5. The van der Waals surface area contributed by atoms with Crippen molar-refractivity contribution in [2.24, 2.45) is 0 Å². The first-order valence-corrected chi connectivity index (χ1v) is 11.4. The molecule has 1 atom stereocenters. The predicted octanol–water partition coefficient (Wildman–Crippen LogP) is 6.06. The molecule has 8 heteroatoms. The molecule has 182 valence electrons. The third kappa shape index (κ3) is 4.82. The summed E-state index contributed by atoms with van der Waals surface area (Å²) >= 11 is 0. The number of benzene rings is 2. The molecule has 0 spiro atoms. The fourth-order valence-corrected chi connectivity index (χ4v) is 4.01. The maximum absolute atomic E-state index is 14.0. The van der Waals surface area contributed by atoms with E-state index in [1.165, 1.54) is 6.07 Å². The molecule has 1 aliphatic heterocycles. The Labute approximate surface area is 201 Å². The van der Waals surface area contributed by atoms with E-state index in [1.54, 1.807) is 43.3 Å². The minimum absolute atomic E-state index is 0.0417. The van der Waals surface area contributed by atoms with Gasteiger partial charge in [0.1, 0.15) is 29.1 Å². The van der Waals surface area contributed by atoms with Gasteiger partial charge in [0.2, 0.25) is 0 Å². The Hall–Kier alpha value is -3.94. The first-order valence-electron chi connectivity index (χ1n) is 11.4. The predicted molar refractivity (Wildman–Crippen MR) is 126 cm³/mol. The fraction of sp³-hybridized carbons (Fsp3) is 0.259. The highest BCUT2D eigenvalue weighted by Gasteiger charge is 2.48. The van der Waals surface area contributed by atoms with Gasteiger partial charge in [-0.2, -0.15) is 0 Å². The van der Waals surface area contributed by atoms with E-state index in [4.69, 9.17) is 9.15 Å². The van der Waals surface area contributed by atoms with Crippen molar-refractivity contribution in [3.05, 3.63) is 88.9 Å². The topological polar surface area (TPSA) is 80.0 Å². The van der Waals surface area contributed by atoms with Gasteiger partial charge in [-0.3, -0.25) is 14.5 Å². The van der Waals surface area contributed by atoms with Crippen LogP contribution in [0.25, 0.3) is 5.76 Å². The zero-order valence-electron chi connectivity index (χ0n) is 19.4. The van der Waals surface area contributed by atoms with Crippen molar-refractivity contribution in [1.82, 2.24) is 0 Å². The van der Waals surface area contributed by atoms with Gasteiger partial charge in [-0.15, -0.1) is 0 Å². The van der Waals surface area contributed by atoms with Gasteiger partial charge in [0, 0.05) is 17.3 Å². The normalized spacial score (nSPS) is 17.3. The summed E-state index contributed by atoms with van der Waals surface area (Å²) in [5.74, 6) is -3.31. The minimum atomic E-state index is -1.17. The van der Waals surface area contributed by atoms with Gasteiger partial charge in [0.15, 0.2) is 11.6 Å². The number of hydrogen-bond donors (Lipinski definition) is 1. The Morgan fingerprint density at radius 2 is 1.77 bits per heavy atom. The van der Waals surface area contributed by atoms with E-state index in [2.05, 4.69) is 6.92 Å². The van der Waals surface area contributed by atoms with E-state index in [1.807, 2.05) is 0 Å². The van der Waals surface area contributed by atoms with Crippen LogP contribution in [0.4, 0.5) is 14.5 Å². The van der Waals surface area contributed by atoms with Crippen LogP contribution in [0.1, 0.15) is 49.3 Å². The first-order chi connectivity index (χ1) is 16.8. The number of aryl methyl sites for hydroxylation is 1. The van der Waals surface area contributed by atoms with E-state index in [0.29, 0.717) is 23.7 Å². The number of anilines is 1. The summed E-state index contributed by atoms with van der Waals surface area (Å²) in [6, 6.07) is 11.4. The van der Waals surface area contributed by atoms with Crippen molar-refractivity contribution in [3.63, 3.8) is 0 Å². The van der Waals surface area contributed by atoms with Crippen molar-refractivity contribution >= 4 is 23.1 Å². The molecule has 0 bridgehead atoms. The smallest absolute Gasteiger partial charge is 0.300 e. The zero-order valence-corrected chi connectivity index (χ0v) is 19.4. The van der Waals surface area contributed by atoms with E-state index >= 15 is 0 Å². The molecule has 4 rings (SSSR count). The minimum Gasteiger partial charge on any atom is -0.507 e. The first kappa shape index (κ1) is 24.2. The second-order valence-corrected chi connectivity index (χ2v) is 8.30. The lowest BCUT2D eigenvalue weighted by atomic mass is 9.99. The van der Waals surface area contributed by atoms with Crippen molar-refractivity contribution in [2.75, 3.05) is 11.5 Å². The Morgan fingerprint density at radius 1 is 1.03 bits per heavy atom. The van der Waals surface area contributed by atoms with E-state index < -0.39 is 35.1 Å². The van der Waals surface area contributed by atoms with E-state index in [-0.39, 0.29) is 17.0 Å². The Kier molecular flexibility index (Phi) is 7.00. The number of rotatable bonds is 8. The van der Waals surface area contributed by atoms with Gasteiger partial charge >= 0.3 is 0 Å². The molecule has 2 heterocycles. The molecular weight excluding hydrogens is 456 g/mol. The van der Waals surface area contributed by atoms with Gasteiger partial charge in [-0.25, -0.2) is 8.78 Å². The maximum Gasteiger partial charge on any atom is 0.300 e. The quantitative estimate of drug-likeness (QED) is 0.183. The molecule has 1 unspecified atom stereocenters. The van der Waals surface area contributed by atoms with Crippen LogP contribution in [0.3, 0.4) is 0 Å². The average molecular weight is 481 g/mol. The van der Waals surface area contributed by atoms with Crippen LogP contribution in [-0.4, -0.2) is 23.4 Å². The number of carbonyl (C=O) groups is 2. The average Bonchev–Trinajstić information content (AvgIpc) is 3.39. The second kappa shape index (κ2) is 10.1. The standard InChI is InChI=1S/C27H25F2NO5/c1-3-4-5-14-34-19-10-7-17(8-11-19)25(31)23-24(22-13-6-16(2)35-22)30(27(33)26(23)32)18-9-12-20(28)21(29)15-18/h6-13,15,24,31H,3-5,14H2,1-2H3/b25-23-. The third-order valence-corrected chi connectivity index (χ3v) is 5.80. The number of halogens is 2. The number of unbranched alkanes of at least 4 members (excludes halogenated alkanes) is 2.